The van der Waals surface area contributed by atoms with E-state index in [1.165, 1.54) is 41.4 Å². The number of rotatable bonds is 4. The maximum atomic E-state index is 5.95. The quantitative estimate of drug-likeness (QED) is 0.912. The van der Waals surface area contributed by atoms with Crippen LogP contribution in [0.15, 0.2) is 0 Å². The molecule has 0 bridgehead atoms. The van der Waals surface area contributed by atoms with Gasteiger partial charge in [0, 0.05) is 24.0 Å². The topological polar surface area (TPSA) is 42.2 Å². The normalized spacial score (nSPS) is 25.6. The van der Waals surface area contributed by atoms with E-state index in [2.05, 4.69) is 30.7 Å². The molecule has 1 aliphatic heterocycles. The zero-order valence-electron chi connectivity index (χ0n) is 11.8. The molecule has 0 saturated carbocycles. The first-order chi connectivity index (χ1) is 8.63. The molecule has 18 heavy (non-hydrogen) atoms. The number of hydrogen-bond acceptors (Lipinski definition) is 4. The van der Waals surface area contributed by atoms with Crippen LogP contribution >= 0.6 is 11.3 Å². The molecule has 1 saturated heterocycles. The van der Waals surface area contributed by atoms with Crippen LogP contribution in [0.1, 0.15) is 41.8 Å². The first-order valence-corrected chi connectivity index (χ1v) is 7.82. The molecule has 2 heterocycles. The van der Waals surface area contributed by atoms with Crippen molar-refractivity contribution in [3.63, 3.8) is 0 Å². The summed E-state index contributed by atoms with van der Waals surface area (Å²) in [5.41, 5.74) is 7.15. The molecule has 0 radical (unpaired) electrons. The van der Waals surface area contributed by atoms with Gasteiger partial charge in [-0.2, -0.15) is 0 Å². The van der Waals surface area contributed by atoms with Crippen molar-refractivity contribution in [2.75, 3.05) is 13.1 Å². The first kappa shape index (κ1) is 14.0. The Kier molecular flexibility index (Phi) is 4.76. The molecule has 0 aromatic carbocycles. The van der Waals surface area contributed by atoms with E-state index in [1.54, 1.807) is 0 Å². The second-order valence-corrected chi connectivity index (χ2v) is 6.69. The summed E-state index contributed by atoms with van der Waals surface area (Å²) in [6.07, 6.45) is 3.89. The van der Waals surface area contributed by atoms with Crippen molar-refractivity contribution in [3.05, 3.63) is 15.6 Å². The molecule has 4 heteroatoms. The number of nitrogens with two attached hydrogens (primary N) is 1. The van der Waals surface area contributed by atoms with Gasteiger partial charge in [-0.05, 0) is 39.2 Å². The predicted octanol–water partition coefficient (Wildman–Crippen LogP) is 2.71. The second kappa shape index (κ2) is 6.13. The molecule has 1 aliphatic rings. The number of piperidine rings is 1. The maximum Gasteiger partial charge on any atom is 0.0900 e. The van der Waals surface area contributed by atoms with Crippen LogP contribution in [0.4, 0.5) is 0 Å². The highest BCUT2D eigenvalue weighted by molar-refractivity contribution is 7.11. The van der Waals surface area contributed by atoms with E-state index in [-0.39, 0.29) is 0 Å². The van der Waals surface area contributed by atoms with Crippen LogP contribution in [0, 0.1) is 19.8 Å². The average molecular weight is 267 g/mol. The molecule has 1 aromatic rings. The third-order valence-electron chi connectivity index (χ3n) is 4.14. The van der Waals surface area contributed by atoms with Crippen LogP contribution in [0.2, 0.25) is 0 Å². The van der Waals surface area contributed by atoms with Gasteiger partial charge in [0.2, 0.25) is 0 Å². The minimum atomic E-state index is 0.561. The van der Waals surface area contributed by atoms with Gasteiger partial charge < -0.3 is 5.73 Å². The molecule has 2 unspecified atom stereocenters. The third kappa shape index (κ3) is 3.11. The van der Waals surface area contributed by atoms with Crippen molar-refractivity contribution in [3.8, 4) is 0 Å². The van der Waals surface area contributed by atoms with E-state index in [0.29, 0.717) is 6.04 Å². The van der Waals surface area contributed by atoms with Gasteiger partial charge in [0.1, 0.15) is 0 Å². The highest BCUT2D eigenvalue weighted by atomic mass is 32.1. The Hall–Kier alpha value is -0.450. The number of thiazole rings is 1. The summed E-state index contributed by atoms with van der Waals surface area (Å²) >= 11 is 1.83. The smallest absolute Gasteiger partial charge is 0.0900 e. The van der Waals surface area contributed by atoms with E-state index < -0.39 is 0 Å². The van der Waals surface area contributed by atoms with E-state index in [1.807, 2.05) is 11.3 Å². The molecule has 2 atom stereocenters. The van der Waals surface area contributed by atoms with Gasteiger partial charge in [-0.3, -0.25) is 4.90 Å². The summed E-state index contributed by atoms with van der Waals surface area (Å²) in [7, 11) is 0. The van der Waals surface area contributed by atoms with Crippen LogP contribution in [0.25, 0.3) is 0 Å². The third-order valence-corrected chi connectivity index (χ3v) is 5.20. The van der Waals surface area contributed by atoms with Crippen LogP contribution in [0.3, 0.4) is 0 Å². The average Bonchev–Trinajstić information content (AvgIpc) is 2.68. The van der Waals surface area contributed by atoms with E-state index in [0.717, 1.165) is 19.0 Å². The maximum absolute atomic E-state index is 5.95. The molecule has 0 aliphatic carbocycles. The molecule has 102 valence electrons. The van der Waals surface area contributed by atoms with E-state index in [4.69, 9.17) is 5.73 Å². The zero-order valence-corrected chi connectivity index (χ0v) is 12.6. The zero-order chi connectivity index (χ0) is 13.1. The minimum Gasteiger partial charge on any atom is -0.329 e. The largest absolute Gasteiger partial charge is 0.329 e. The summed E-state index contributed by atoms with van der Waals surface area (Å²) in [6.45, 7) is 9.52. The highest BCUT2D eigenvalue weighted by Crippen LogP contribution is 2.28. The fraction of sp³-hybridized carbons (Fsp3) is 0.786. The van der Waals surface area contributed by atoms with Crippen molar-refractivity contribution in [2.24, 2.45) is 11.7 Å². The summed E-state index contributed by atoms with van der Waals surface area (Å²) in [5, 5.41) is 1.18. The number of hydrogen-bond donors (Lipinski definition) is 1. The Labute approximate surface area is 114 Å². The standard InChI is InChI=1S/C14H25N3S/c1-4-12-5-6-17(13(7-12)8-15)9-14-10(2)16-11(3)18-14/h12-13H,4-9,15H2,1-3H3. The van der Waals surface area contributed by atoms with Crippen molar-refractivity contribution in [1.29, 1.82) is 0 Å². The second-order valence-electron chi connectivity index (χ2n) is 5.40. The Morgan fingerprint density at radius 3 is 2.78 bits per heavy atom. The monoisotopic (exact) mass is 267 g/mol. The van der Waals surface area contributed by atoms with Gasteiger partial charge >= 0.3 is 0 Å². The number of likely N-dealkylation sites (tertiary alicyclic amines) is 1. The Morgan fingerprint density at radius 2 is 2.22 bits per heavy atom. The van der Waals surface area contributed by atoms with E-state index >= 15 is 0 Å². The lowest BCUT2D eigenvalue weighted by molar-refractivity contribution is 0.108. The minimum absolute atomic E-state index is 0.561. The van der Waals surface area contributed by atoms with Crippen molar-refractivity contribution >= 4 is 11.3 Å². The lowest BCUT2D eigenvalue weighted by Crippen LogP contribution is -2.45. The molecule has 1 fully saturated rings. The van der Waals surface area contributed by atoms with Crippen molar-refractivity contribution < 1.29 is 0 Å². The summed E-state index contributed by atoms with van der Waals surface area (Å²) in [5.74, 6) is 0.874. The van der Waals surface area contributed by atoms with Gasteiger partial charge in [0.15, 0.2) is 0 Å². The molecular weight excluding hydrogens is 242 g/mol. The van der Waals surface area contributed by atoms with Gasteiger partial charge in [0.25, 0.3) is 0 Å². The fourth-order valence-electron chi connectivity index (χ4n) is 2.91. The Morgan fingerprint density at radius 1 is 1.44 bits per heavy atom. The highest BCUT2D eigenvalue weighted by Gasteiger charge is 2.27. The van der Waals surface area contributed by atoms with Gasteiger partial charge in [-0.15, -0.1) is 11.3 Å². The molecular formula is C14H25N3S. The first-order valence-electron chi connectivity index (χ1n) is 7.01. The lowest BCUT2D eigenvalue weighted by atomic mass is 9.89. The summed E-state index contributed by atoms with van der Waals surface area (Å²) in [6, 6.07) is 0.561. The summed E-state index contributed by atoms with van der Waals surface area (Å²) < 4.78 is 0. The molecule has 3 nitrogen and oxygen atoms in total. The molecule has 2 rings (SSSR count). The SMILES string of the molecule is CCC1CCN(Cc2sc(C)nc2C)C(CN)C1. The molecule has 2 N–H and O–H groups in total. The van der Waals surface area contributed by atoms with Crippen LogP contribution < -0.4 is 5.73 Å². The van der Waals surface area contributed by atoms with Crippen LogP contribution in [-0.4, -0.2) is 29.0 Å². The molecule has 1 aromatic heterocycles. The molecule has 0 amide bonds. The predicted molar refractivity (Wildman–Crippen MR) is 77.9 cm³/mol. The Bertz CT molecular complexity index is 388. The number of nitrogens with zero attached hydrogens (tertiary/aromatic N) is 2. The number of aryl methyl sites for hydroxylation is 2. The van der Waals surface area contributed by atoms with Crippen molar-refractivity contribution in [1.82, 2.24) is 9.88 Å². The van der Waals surface area contributed by atoms with E-state index in [9.17, 15) is 0 Å². The summed E-state index contributed by atoms with van der Waals surface area (Å²) in [4.78, 5) is 8.50. The van der Waals surface area contributed by atoms with Gasteiger partial charge in [-0.25, -0.2) is 4.98 Å². The molecule has 0 spiro atoms. The fourth-order valence-corrected chi connectivity index (χ4v) is 3.87. The van der Waals surface area contributed by atoms with Gasteiger partial charge in [0.05, 0.1) is 10.7 Å². The number of aromatic nitrogens is 1. The van der Waals surface area contributed by atoms with Crippen molar-refractivity contribution in [2.45, 2.75) is 52.6 Å². The lowest BCUT2D eigenvalue weighted by Gasteiger charge is -2.38. The van der Waals surface area contributed by atoms with Crippen LogP contribution in [0.5, 0.6) is 0 Å². The van der Waals surface area contributed by atoms with Crippen LogP contribution in [-0.2, 0) is 6.54 Å². The Balaban J connectivity index is 2.02. The van der Waals surface area contributed by atoms with Gasteiger partial charge in [-0.1, -0.05) is 13.3 Å².